The number of alkyl halides is 1. The number of sulfonamides is 1. The van der Waals surface area contributed by atoms with Crippen molar-refractivity contribution in [2.24, 2.45) is 5.92 Å². The first-order chi connectivity index (χ1) is 8.45. The van der Waals surface area contributed by atoms with Gasteiger partial charge in [-0.3, -0.25) is 0 Å². The monoisotopic (exact) mass is 355 g/mol. The lowest BCUT2D eigenvalue weighted by Crippen LogP contribution is -2.37. The van der Waals surface area contributed by atoms with E-state index in [4.69, 9.17) is 16.0 Å². The lowest BCUT2D eigenvalue weighted by atomic mass is 10.0. The van der Waals surface area contributed by atoms with Gasteiger partial charge in [-0.25, -0.2) is 8.42 Å². The SMILES string of the molecule is CC1CCN(S(=O)(=O)c2cc(CCl)oc2Br)CC1. The maximum atomic E-state index is 12.4. The highest BCUT2D eigenvalue weighted by Gasteiger charge is 2.31. The highest BCUT2D eigenvalue weighted by Crippen LogP contribution is 2.31. The van der Waals surface area contributed by atoms with Gasteiger partial charge in [-0.05, 0) is 34.7 Å². The van der Waals surface area contributed by atoms with Crippen molar-refractivity contribution in [1.82, 2.24) is 4.31 Å². The first-order valence-corrected chi connectivity index (χ1v) is 8.56. The summed E-state index contributed by atoms with van der Waals surface area (Å²) < 4.78 is 31.9. The first-order valence-electron chi connectivity index (χ1n) is 5.79. The molecule has 0 amide bonds. The molecular formula is C11H15BrClNO3S. The Labute approximate surface area is 120 Å². The van der Waals surface area contributed by atoms with E-state index in [0.29, 0.717) is 24.8 Å². The summed E-state index contributed by atoms with van der Waals surface area (Å²) in [7, 11) is -3.47. The van der Waals surface area contributed by atoms with Gasteiger partial charge in [0.2, 0.25) is 10.0 Å². The molecule has 0 aromatic carbocycles. The molecule has 1 aliphatic rings. The van der Waals surface area contributed by atoms with Crippen molar-refractivity contribution in [1.29, 1.82) is 0 Å². The Balaban J connectivity index is 2.27. The van der Waals surface area contributed by atoms with E-state index < -0.39 is 10.0 Å². The van der Waals surface area contributed by atoms with Crippen LogP contribution in [0.15, 0.2) is 20.0 Å². The fraction of sp³-hybridized carbons (Fsp3) is 0.636. The highest BCUT2D eigenvalue weighted by molar-refractivity contribution is 9.10. The van der Waals surface area contributed by atoms with E-state index in [1.165, 1.54) is 10.4 Å². The van der Waals surface area contributed by atoms with Crippen LogP contribution in [0.1, 0.15) is 25.5 Å². The Morgan fingerprint density at radius 2 is 2.11 bits per heavy atom. The smallest absolute Gasteiger partial charge is 0.247 e. The standard InChI is InChI=1S/C11H15BrClNO3S/c1-8-2-4-14(5-3-8)18(15,16)10-6-9(7-13)17-11(10)12/h6,8H,2-5,7H2,1H3. The Morgan fingerprint density at radius 1 is 1.50 bits per heavy atom. The predicted octanol–water partition coefficient (Wildman–Crippen LogP) is 3.20. The van der Waals surface area contributed by atoms with Crippen LogP contribution in [0.3, 0.4) is 0 Å². The quantitative estimate of drug-likeness (QED) is 0.781. The molecule has 102 valence electrons. The summed E-state index contributed by atoms with van der Waals surface area (Å²) in [6.45, 7) is 3.28. The van der Waals surface area contributed by atoms with Gasteiger partial charge in [-0.15, -0.1) is 11.6 Å². The van der Waals surface area contributed by atoms with Crippen LogP contribution in [0.5, 0.6) is 0 Å². The Kier molecular flexibility index (Phi) is 4.41. The molecule has 0 aliphatic carbocycles. The van der Waals surface area contributed by atoms with Crippen molar-refractivity contribution in [2.75, 3.05) is 13.1 Å². The van der Waals surface area contributed by atoms with Crippen LogP contribution in [0.25, 0.3) is 0 Å². The first kappa shape index (κ1) is 14.4. The average molecular weight is 357 g/mol. The minimum absolute atomic E-state index is 0.158. The van der Waals surface area contributed by atoms with E-state index in [1.807, 2.05) is 0 Å². The van der Waals surface area contributed by atoms with Crippen LogP contribution in [-0.2, 0) is 15.9 Å². The second-order valence-electron chi connectivity index (χ2n) is 4.57. The van der Waals surface area contributed by atoms with Gasteiger partial charge >= 0.3 is 0 Å². The summed E-state index contributed by atoms with van der Waals surface area (Å²) in [6, 6.07) is 1.49. The molecule has 2 rings (SSSR count). The van der Waals surface area contributed by atoms with Crippen LogP contribution in [0, 0.1) is 5.92 Å². The third-order valence-corrected chi connectivity index (χ3v) is 6.22. The lowest BCUT2D eigenvalue weighted by molar-refractivity contribution is 0.287. The predicted molar refractivity (Wildman–Crippen MR) is 73.1 cm³/mol. The number of rotatable bonds is 3. The second kappa shape index (κ2) is 5.53. The van der Waals surface area contributed by atoms with Gasteiger partial charge in [0.25, 0.3) is 0 Å². The van der Waals surface area contributed by atoms with Gasteiger partial charge in [0, 0.05) is 19.2 Å². The minimum Gasteiger partial charge on any atom is -0.452 e. The van der Waals surface area contributed by atoms with Crippen LogP contribution in [0.2, 0.25) is 0 Å². The minimum atomic E-state index is -3.47. The molecule has 1 aromatic heterocycles. The number of halogens is 2. The molecule has 0 N–H and O–H groups in total. The van der Waals surface area contributed by atoms with Crippen molar-refractivity contribution in [3.05, 3.63) is 16.5 Å². The van der Waals surface area contributed by atoms with Crippen LogP contribution < -0.4 is 0 Å². The lowest BCUT2D eigenvalue weighted by Gasteiger charge is -2.28. The fourth-order valence-corrected chi connectivity index (χ4v) is 4.57. The summed E-state index contributed by atoms with van der Waals surface area (Å²) in [6.07, 6.45) is 1.80. The summed E-state index contributed by atoms with van der Waals surface area (Å²) in [5.74, 6) is 1.20. The van der Waals surface area contributed by atoms with Crippen molar-refractivity contribution in [3.8, 4) is 0 Å². The molecule has 7 heteroatoms. The number of hydrogen-bond acceptors (Lipinski definition) is 3. The summed E-state index contributed by atoms with van der Waals surface area (Å²) in [5, 5.41) is 0. The van der Waals surface area contributed by atoms with E-state index in [-0.39, 0.29) is 15.4 Å². The molecule has 1 fully saturated rings. The zero-order chi connectivity index (χ0) is 13.3. The molecule has 0 bridgehead atoms. The second-order valence-corrected chi connectivity index (χ2v) is 7.46. The number of piperidine rings is 1. The van der Waals surface area contributed by atoms with Gasteiger partial charge in [0.05, 0.1) is 5.88 Å². The number of hydrogen-bond donors (Lipinski definition) is 0. The fourth-order valence-electron chi connectivity index (χ4n) is 2.00. The maximum Gasteiger partial charge on any atom is 0.247 e. The van der Waals surface area contributed by atoms with Gasteiger partial charge < -0.3 is 4.42 Å². The molecule has 0 spiro atoms. The van der Waals surface area contributed by atoms with E-state index in [9.17, 15) is 8.42 Å². The summed E-state index contributed by atoms with van der Waals surface area (Å²) >= 11 is 8.79. The summed E-state index contributed by atoms with van der Waals surface area (Å²) in [4.78, 5) is 0.174. The van der Waals surface area contributed by atoms with E-state index in [2.05, 4.69) is 22.9 Å². The molecular weight excluding hydrogens is 342 g/mol. The van der Waals surface area contributed by atoms with Crippen molar-refractivity contribution < 1.29 is 12.8 Å². The number of furan rings is 1. The van der Waals surface area contributed by atoms with Crippen molar-refractivity contribution >= 4 is 37.6 Å². The topological polar surface area (TPSA) is 50.5 Å². The zero-order valence-corrected chi connectivity index (χ0v) is 13.2. The van der Waals surface area contributed by atoms with Gasteiger partial charge in [0.15, 0.2) is 4.67 Å². The molecule has 18 heavy (non-hydrogen) atoms. The van der Waals surface area contributed by atoms with E-state index >= 15 is 0 Å². The third kappa shape index (κ3) is 2.76. The van der Waals surface area contributed by atoms with Crippen LogP contribution in [0.4, 0.5) is 0 Å². The molecule has 0 saturated carbocycles. The van der Waals surface area contributed by atoms with Gasteiger partial charge in [0.1, 0.15) is 10.7 Å². The van der Waals surface area contributed by atoms with Crippen LogP contribution in [-0.4, -0.2) is 25.8 Å². The van der Waals surface area contributed by atoms with Crippen molar-refractivity contribution in [3.63, 3.8) is 0 Å². The third-order valence-electron chi connectivity index (χ3n) is 3.20. The Hall–Kier alpha value is -0.0400. The zero-order valence-electron chi connectivity index (χ0n) is 10.0. The molecule has 4 nitrogen and oxygen atoms in total. The number of nitrogens with zero attached hydrogens (tertiary/aromatic N) is 1. The Bertz CT molecular complexity index is 520. The molecule has 1 saturated heterocycles. The summed E-state index contributed by atoms with van der Waals surface area (Å²) in [5.41, 5.74) is 0. The molecule has 0 unspecified atom stereocenters. The maximum absolute atomic E-state index is 12.4. The van der Waals surface area contributed by atoms with Gasteiger partial charge in [-0.1, -0.05) is 6.92 Å². The normalized spacial score (nSPS) is 19.3. The molecule has 0 atom stereocenters. The van der Waals surface area contributed by atoms with Gasteiger partial charge in [-0.2, -0.15) is 4.31 Å². The highest BCUT2D eigenvalue weighted by atomic mass is 79.9. The molecule has 0 radical (unpaired) electrons. The Morgan fingerprint density at radius 3 is 2.61 bits per heavy atom. The largest absolute Gasteiger partial charge is 0.452 e. The van der Waals surface area contributed by atoms with E-state index in [0.717, 1.165) is 12.8 Å². The van der Waals surface area contributed by atoms with Crippen LogP contribution >= 0.6 is 27.5 Å². The van der Waals surface area contributed by atoms with Crippen molar-refractivity contribution in [2.45, 2.75) is 30.5 Å². The molecule has 1 aliphatic heterocycles. The molecule has 2 heterocycles. The average Bonchev–Trinajstić information content (AvgIpc) is 2.72. The molecule has 1 aromatic rings. The van der Waals surface area contributed by atoms with E-state index in [1.54, 1.807) is 0 Å².